The van der Waals surface area contributed by atoms with Crippen LogP contribution in [-0.4, -0.2) is 50.5 Å². The molecule has 2 aromatic rings. The number of piperazine rings is 1. The first-order chi connectivity index (χ1) is 12.5. The molecule has 1 fully saturated rings. The summed E-state index contributed by atoms with van der Waals surface area (Å²) in [5, 5.41) is 14.0. The van der Waals surface area contributed by atoms with E-state index >= 15 is 0 Å². The van der Waals surface area contributed by atoms with Crippen LogP contribution in [0.25, 0.3) is 5.69 Å². The Hall–Kier alpha value is -2.70. The van der Waals surface area contributed by atoms with Gasteiger partial charge in [0.05, 0.1) is 11.7 Å². The molecule has 1 N–H and O–H groups in total. The molecule has 1 aromatic heterocycles. The Morgan fingerprint density at radius 3 is 2.38 bits per heavy atom. The zero-order valence-electron chi connectivity index (χ0n) is 15.7. The van der Waals surface area contributed by atoms with Gasteiger partial charge in [-0.1, -0.05) is 6.92 Å². The number of hydrogen-bond donors (Lipinski definition) is 1. The molecule has 7 heteroatoms. The standard InChI is InChI=1S/C19H27N5O2/c1-4-15(3)24-19(26)23(14-20-24)17-8-6-16(7-9-17)21-10-12-22(13-11-21)18(25)5-2/h5-9,14-15,25H,4,10-13H2,1-3H3/b18-5+/t15-/m0/s1. The van der Waals surface area contributed by atoms with Gasteiger partial charge in [0.25, 0.3) is 0 Å². The first-order valence-electron chi connectivity index (χ1n) is 9.17. The lowest BCUT2D eigenvalue weighted by Gasteiger charge is -2.36. The zero-order chi connectivity index (χ0) is 18.7. The van der Waals surface area contributed by atoms with Gasteiger partial charge >= 0.3 is 5.69 Å². The predicted octanol–water partition coefficient (Wildman–Crippen LogP) is 2.55. The third-order valence-corrected chi connectivity index (χ3v) is 5.06. The zero-order valence-corrected chi connectivity index (χ0v) is 15.7. The molecule has 0 unspecified atom stereocenters. The molecule has 2 heterocycles. The van der Waals surface area contributed by atoms with Gasteiger partial charge in [0, 0.05) is 31.9 Å². The van der Waals surface area contributed by atoms with Gasteiger partial charge in [-0.3, -0.25) is 0 Å². The first kappa shape index (κ1) is 18.1. The number of aliphatic hydroxyl groups excluding tert-OH is 1. The molecule has 0 bridgehead atoms. The van der Waals surface area contributed by atoms with Crippen molar-refractivity contribution in [3.63, 3.8) is 0 Å². The van der Waals surface area contributed by atoms with E-state index in [0.29, 0.717) is 5.88 Å². The Morgan fingerprint density at radius 2 is 1.81 bits per heavy atom. The highest BCUT2D eigenvalue weighted by Gasteiger charge is 2.18. The van der Waals surface area contributed by atoms with Crippen molar-refractivity contribution in [3.8, 4) is 5.69 Å². The van der Waals surface area contributed by atoms with E-state index in [1.165, 1.54) is 4.68 Å². The fourth-order valence-corrected chi connectivity index (χ4v) is 3.17. The fourth-order valence-electron chi connectivity index (χ4n) is 3.17. The highest BCUT2D eigenvalue weighted by atomic mass is 16.3. The van der Waals surface area contributed by atoms with Crippen molar-refractivity contribution in [2.45, 2.75) is 33.2 Å². The molecular weight excluding hydrogens is 330 g/mol. The Bertz CT molecular complexity index is 813. The van der Waals surface area contributed by atoms with Crippen molar-refractivity contribution in [2.75, 3.05) is 31.1 Å². The summed E-state index contributed by atoms with van der Waals surface area (Å²) >= 11 is 0. The van der Waals surface area contributed by atoms with E-state index in [0.717, 1.165) is 44.0 Å². The van der Waals surface area contributed by atoms with E-state index in [1.54, 1.807) is 17.0 Å². The van der Waals surface area contributed by atoms with Crippen LogP contribution < -0.4 is 10.6 Å². The maximum atomic E-state index is 12.5. The van der Waals surface area contributed by atoms with Gasteiger partial charge in [0.1, 0.15) is 6.33 Å². The highest BCUT2D eigenvalue weighted by Crippen LogP contribution is 2.19. The average molecular weight is 357 g/mol. The minimum absolute atomic E-state index is 0.0907. The molecule has 0 saturated carbocycles. The number of aromatic nitrogens is 3. The molecule has 0 aliphatic carbocycles. The molecule has 3 rings (SSSR count). The summed E-state index contributed by atoms with van der Waals surface area (Å²) in [5.74, 6) is 0.345. The largest absolute Gasteiger partial charge is 0.495 e. The topological polar surface area (TPSA) is 66.5 Å². The van der Waals surface area contributed by atoms with Crippen LogP contribution in [0.5, 0.6) is 0 Å². The smallest absolute Gasteiger partial charge is 0.350 e. The summed E-state index contributed by atoms with van der Waals surface area (Å²) in [7, 11) is 0. The van der Waals surface area contributed by atoms with Crippen LogP contribution in [0.15, 0.2) is 47.3 Å². The first-order valence-corrected chi connectivity index (χ1v) is 9.17. The molecule has 1 saturated heterocycles. The fraction of sp³-hybridized carbons (Fsp3) is 0.474. The molecule has 1 aromatic carbocycles. The van der Waals surface area contributed by atoms with Crippen molar-refractivity contribution in [1.29, 1.82) is 0 Å². The van der Waals surface area contributed by atoms with Gasteiger partial charge in [-0.15, -0.1) is 0 Å². The van der Waals surface area contributed by atoms with E-state index in [1.807, 2.05) is 49.9 Å². The maximum Gasteiger partial charge on any atom is 0.350 e. The lowest BCUT2D eigenvalue weighted by Crippen LogP contribution is -2.45. The molecule has 1 atom stereocenters. The third-order valence-electron chi connectivity index (χ3n) is 5.06. The summed E-state index contributed by atoms with van der Waals surface area (Å²) < 4.78 is 3.11. The van der Waals surface area contributed by atoms with Crippen LogP contribution in [0.4, 0.5) is 5.69 Å². The van der Waals surface area contributed by atoms with Crippen molar-refractivity contribution < 1.29 is 5.11 Å². The van der Waals surface area contributed by atoms with Crippen LogP contribution in [-0.2, 0) is 0 Å². The van der Waals surface area contributed by atoms with E-state index in [-0.39, 0.29) is 11.7 Å². The minimum atomic E-state index is -0.109. The molecule has 7 nitrogen and oxygen atoms in total. The lowest BCUT2D eigenvalue weighted by molar-refractivity contribution is 0.191. The number of hydrogen-bond acceptors (Lipinski definition) is 5. The SMILES string of the molecule is C/C=C(/O)N1CCN(c2ccc(-n3cnn([C@@H](C)CC)c3=O)cc2)CC1. The van der Waals surface area contributed by atoms with Crippen LogP contribution in [0, 0.1) is 0 Å². The Morgan fingerprint density at radius 1 is 1.19 bits per heavy atom. The molecular formula is C19H27N5O2. The van der Waals surface area contributed by atoms with Crippen molar-refractivity contribution in [3.05, 3.63) is 53.0 Å². The van der Waals surface area contributed by atoms with Gasteiger partial charge in [0.15, 0.2) is 5.88 Å². The van der Waals surface area contributed by atoms with Crippen molar-refractivity contribution in [1.82, 2.24) is 19.2 Å². The number of aliphatic hydroxyl groups is 1. The second-order valence-electron chi connectivity index (χ2n) is 6.62. The van der Waals surface area contributed by atoms with Gasteiger partial charge in [-0.25, -0.2) is 14.0 Å². The summed E-state index contributed by atoms with van der Waals surface area (Å²) in [6.45, 7) is 9.16. The Balaban J connectivity index is 1.72. The molecule has 0 spiro atoms. The number of benzene rings is 1. The predicted molar refractivity (Wildman–Crippen MR) is 103 cm³/mol. The quantitative estimate of drug-likeness (QED) is 0.833. The van der Waals surface area contributed by atoms with E-state index in [4.69, 9.17) is 0 Å². The van der Waals surface area contributed by atoms with Crippen LogP contribution in [0.3, 0.4) is 0 Å². The van der Waals surface area contributed by atoms with Crippen LogP contribution in [0.1, 0.15) is 33.2 Å². The number of nitrogens with zero attached hydrogens (tertiary/aromatic N) is 5. The summed E-state index contributed by atoms with van der Waals surface area (Å²) in [5.41, 5.74) is 1.83. The minimum Gasteiger partial charge on any atom is -0.495 e. The lowest BCUT2D eigenvalue weighted by atomic mass is 10.2. The van der Waals surface area contributed by atoms with E-state index in [2.05, 4.69) is 10.00 Å². The van der Waals surface area contributed by atoms with Crippen molar-refractivity contribution in [2.24, 2.45) is 0 Å². The second kappa shape index (κ2) is 7.68. The molecule has 0 radical (unpaired) electrons. The molecule has 1 aliphatic heterocycles. The summed E-state index contributed by atoms with van der Waals surface area (Å²) in [4.78, 5) is 16.8. The van der Waals surface area contributed by atoms with Gasteiger partial charge in [-0.05, 0) is 50.6 Å². The van der Waals surface area contributed by atoms with Crippen LogP contribution in [0.2, 0.25) is 0 Å². The van der Waals surface area contributed by atoms with Crippen LogP contribution >= 0.6 is 0 Å². The van der Waals surface area contributed by atoms with Crippen molar-refractivity contribution >= 4 is 5.69 Å². The second-order valence-corrected chi connectivity index (χ2v) is 6.62. The Labute approximate surface area is 153 Å². The third kappa shape index (κ3) is 3.47. The van der Waals surface area contributed by atoms with Gasteiger partial charge in [-0.2, -0.15) is 5.10 Å². The highest BCUT2D eigenvalue weighted by molar-refractivity contribution is 5.51. The van der Waals surface area contributed by atoms with E-state index < -0.39 is 0 Å². The number of anilines is 1. The molecule has 0 amide bonds. The molecule has 140 valence electrons. The van der Waals surface area contributed by atoms with Gasteiger partial charge in [0.2, 0.25) is 0 Å². The molecule has 26 heavy (non-hydrogen) atoms. The monoisotopic (exact) mass is 357 g/mol. The normalized spacial score (nSPS) is 16.8. The number of allylic oxidation sites excluding steroid dienone is 1. The summed E-state index contributed by atoms with van der Waals surface area (Å²) in [6.07, 6.45) is 4.18. The van der Waals surface area contributed by atoms with Gasteiger partial charge < -0.3 is 14.9 Å². The Kier molecular flexibility index (Phi) is 5.35. The molecule has 1 aliphatic rings. The van der Waals surface area contributed by atoms with E-state index in [9.17, 15) is 9.90 Å². The summed E-state index contributed by atoms with van der Waals surface area (Å²) in [6, 6.07) is 8.07. The average Bonchev–Trinajstić information content (AvgIpc) is 3.08. The number of rotatable bonds is 5. The maximum absolute atomic E-state index is 12.5.